The normalized spacial score (nSPS) is 26.2. The van der Waals surface area contributed by atoms with E-state index >= 15 is 0 Å². The van der Waals surface area contributed by atoms with Crippen molar-refractivity contribution >= 4 is 27.5 Å². The Balaban J connectivity index is 1.28. The Morgan fingerprint density at radius 1 is 1.25 bits per heavy atom. The number of rotatable bonds is 7. The number of nitrogens with one attached hydrogen (secondary N) is 1. The van der Waals surface area contributed by atoms with Crippen LogP contribution in [0.25, 0.3) is 10.2 Å². The minimum atomic E-state index is -0.0290. The average molecular weight is 460 g/mol. The standard InChI is InChI=1S/C24H33N3O4S/c28-12-9-25-21(29)15-16-1-6-20-22(16)23-19(7-8-26-24(23)32-20)31-18-4-2-17(3-5-18)27-10-13-30-14-11-27/h7-8,16-18,28H,1-6,9-15H2,(H,25,29)/t16-,17?,18?/m1/s1. The molecule has 0 bridgehead atoms. The topological polar surface area (TPSA) is 83.9 Å². The lowest BCUT2D eigenvalue weighted by Gasteiger charge is -2.38. The Morgan fingerprint density at radius 3 is 2.84 bits per heavy atom. The number of aliphatic hydroxyl groups excluding tert-OH is 1. The van der Waals surface area contributed by atoms with Crippen LogP contribution in [0.15, 0.2) is 12.3 Å². The van der Waals surface area contributed by atoms with Crippen molar-refractivity contribution in [2.75, 3.05) is 39.5 Å². The Bertz CT molecular complexity index is 935. The number of hydrogen-bond donors (Lipinski definition) is 2. The highest BCUT2D eigenvalue weighted by atomic mass is 32.1. The summed E-state index contributed by atoms with van der Waals surface area (Å²) in [4.78, 5) is 21.9. The van der Waals surface area contributed by atoms with E-state index in [-0.39, 0.29) is 24.5 Å². The molecule has 3 heterocycles. The van der Waals surface area contributed by atoms with Crippen molar-refractivity contribution in [3.8, 4) is 5.75 Å². The Kier molecular flexibility index (Phi) is 6.92. The fourth-order valence-corrected chi connectivity index (χ4v) is 6.83. The number of aromatic nitrogens is 1. The number of carbonyl (C=O) groups is 1. The van der Waals surface area contributed by atoms with E-state index in [2.05, 4.69) is 15.2 Å². The first-order chi connectivity index (χ1) is 15.7. The van der Waals surface area contributed by atoms with Gasteiger partial charge in [-0.25, -0.2) is 4.98 Å². The number of ether oxygens (including phenoxy) is 2. The van der Waals surface area contributed by atoms with Crippen molar-refractivity contribution in [2.45, 2.75) is 63.0 Å². The minimum Gasteiger partial charge on any atom is -0.490 e. The molecule has 1 amide bonds. The Morgan fingerprint density at radius 2 is 2.06 bits per heavy atom. The van der Waals surface area contributed by atoms with Crippen LogP contribution in [0.3, 0.4) is 0 Å². The fourth-order valence-electron chi connectivity index (χ4n) is 5.57. The Labute approximate surface area is 193 Å². The summed E-state index contributed by atoms with van der Waals surface area (Å²) < 4.78 is 12.1. The lowest BCUT2D eigenvalue weighted by atomic mass is 9.91. The first kappa shape index (κ1) is 22.1. The molecule has 2 N–H and O–H groups in total. The number of fused-ring (bicyclic) bond motifs is 3. The van der Waals surface area contributed by atoms with Crippen molar-refractivity contribution in [3.63, 3.8) is 0 Å². The van der Waals surface area contributed by atoms with E-state index in [4.69, 9.17) is 14.6 Å². The first-order valence-corrected chi connectivity index (χ1v) is 12.8. The second kappa shape index (κ2) is 10.0. The number of carbonyl (C=O) groups excluding carboxylic acids is 1. The van der Waals surface area contributed by atoms with E-state index in [9.17, 15) is 4.79 Å². The summed E-state index contributed by atoms with van der Waals surface area (Å²) in [5.74, 6) is 1.13. The molecule has 0 spiro atoms. The predicted octanol–water partition coefficient (Wildman–Crippen LogP) is 2.85. The lowest BCUT2D eigenvalue weighted by Crippen LogP contribution is -2.46. The van der Waals surface area contributed by atoms with Crippen molar-refractivity contribution < 1.29 is 19.4 Å². The quantitative estimate of drug-likeness (QED) is 0.663. The van der Waals surface area contributed by atoms with Crippen LogP contribution in [0.1, 0.15) is 54.9 Å². The van der Waals surface area contributed by atoms with Gasteiger partial charge in [-0.2, -0.15) is 0 Å². The number of hydrogen-bond acceptors (Lipinski definition) is 7. The number of thiophene rings is 1. The summed E-state index contributed by atoms with van der Waals surface area (Å²) in [6.07, 6.45) is 9.03. The molecule has 8 heteroatoms. The lowest BCUT2D eigenvalue weighted by molar-refractivity contribution is -0.121. The molecule has 2 aromatic heterocycles. The highest BCUT2D eigenvalue weighted by Crippen LogP contribution is 2.48. The summed E-state index contributed by atoms with van der Waals surface area (Å²) in [5.41, 5.74) is 1.27. The van der Waals surface area contributed by atoms with Gasteiger partial charge in [-0.15, -0.1) is 11.3 Å². The number of nitrogens with zero attached hydrogens (tertiary/aromatic N) is 2. The molecule has 1 saturated heterocycles. The number of pyridine rings is 1. The molecule has 2 fully saturated rings. The summed E-state index contributed by atoms with van der Waals surface area (Å²) in [5, 5.41) is 12.9. The van der Waals surface area contributed by atoms with Crippen molar-refractivity contribution in [1.29, 1.82) is 0 Å². The monoisotopic (exact) mass is 459 g/mol. The van der Waals surface area contributed by atoms with Crippen LogP contribution in [0.5, 0.6) is 5.75 Å². The number of morpholine rings is 1. The maximum atomic E-state index is 12.3. The van der Waals surface area contributed by atoms with Crippen LogP contribution in [-0.4, -0.2) is 72.5 Å². The van der Waals surface area contributed by atoms with Gasteiger partial charge < -0.3 is 19.9 Å². The highest BCUT2D eigenvalue weighted by Gasteiger charge is 2.32. The maximum Gasteiger partial charge on any atom is 0.220 e. The smallest absolute Gasteiger partial charge is 0.220 e. The number of aliphatic hydroxyl groups is 1. The van der Waals surface area contributed by atoms with Gasteiger partial charge in [0.1, 0.15) is 10.6 Å². The molecule has 5 rings (SSSR count). The molecule has 2 aliphatic carbocycles. The van der Waals surface area contributed by atoms with Gasteiger partial charge in [-0.3, -0.25) is 9.69 Å². The molecule has 174 valence electrons. The molecule has 0 radical (unpaired) electrons. The van der Waals surface area contributed by atoms with Gasteiger partial charge >= 0.3 is 0 Å². The highest BCUT2D eigenvalue weighted by molar-refractivity contribution is 7.19. The van der Waals surface area contributed by atoms with Gasteiger partial charge in [-0.1, -0.05) is 0 Å². The van der Waals surface area contributed by atoms with Gasteiger partial charge in [0.15, 0.2) is 0 Å². The van der Waals surface area contributed by atoms with Crippen LogP contribution in [0.4, 0.5) is 0 Å². The third-order valence-electron chi connectivity index (χ3n) is 7.16. The van der Waals surface area contributed by atoms with Crippen LogP contribution in [-0.2, 0) is 16.0 Å². The molecule has 1 atom stereocenters. The molecule has 3 aliphatic rings. The van der Waals surface area contributed by atoms with Gasteiger partial charge in [0.2, 0.25) is 5.91 Å². The molecule has 0 unspecified atom stereocenters. The zero-order chi connectivity index (χ0) is 21.9. The largest absolute Gasteiger partial charge is 0.490 e. The molecule has 0 aromatic carbocycles. The summed E-state index contributed by atoms with van der Waals surface area (Å²) in [7, 11) is 0. The zero-order valence-electron chi connectivity index (χ0n) is 18.6. The SMILES string of the molecule is O=C(C[C@H]1CCc2sc3nccc(OC4CCC(N5CCOCC5)CC4)c3c21)NCCO. The van der Waals surface area contributed by atoms with Gasteiger partial charge in [0, 0.05) is 43.2 Å². The molecular formula is C24H33N3O4S. The van der Waals surface area contributed by atoms with Crippen molar-refractivity contribution in [3.05, 3.63) is 22.7 Å². The average Bonchev–Trinajstić information content (AvgIpc) is 3.39. The second-order valence-corrected chi connectivity index (χ2v) is 10.2. The number of amides is 1. The molecule has 7 nitrogen and oxygen atoms in total. The zero-order valence-corrected chi connectivity index (χ0v) is 19.4. The van der Waals surface area contributed by atoms with Gasteiger partial charge in [-0.05, 0) is 56.1 Å². The minimum absolute atomic E-state index is 0.00374. The van der Waals surface area contributed by atoms with Crippen LogP contribution >= 0.6 is 11.3 Å². The molecule has 32 heavy (non-hydrogen) atoms. The van der Waals surface area contributed by atoms with E-state index in [0.29, 0.717) is 19.0 Å². The fraction of sp³-hybridized carbons (Fsp3) is 0.667. The maximum absolute atomic E-state index is 12.3. The van der Waals surface area contributed by atoms with Crippen LogP contribution in [0.2, 0.25) is 0 Å². The summed E-state index contributed by atoms with van der Waals surface area (Å²) in [6, 6.07) is 2.66. The van der Waals surface area contributed by atoms with Crippen molar-refractivity contribution in [2.24, 2.45) is 0 Å². The van der Waals surface area contributed by atoms with Gasteiger partial charge in [0.25, 0.3) is 0 Å². The molecule has 2 aromatic rings. The van der Waals surface area contributed by atoms with E-state index in [1.165, 1.54) is 23.3 Å². The first-order valence-electron chi connectivity index (χ1n) is 12.0. The van der Waals surface area contributed by atoms with E-state index in [1.54, 1.807) is 11.3 Å². The third kappa shape index (κ3) is 4.64. The molecule has 1 saturated carbocycles. The van der Waals surface area contributed by atoms with Crippen LogP contribution < -0.4 is 10.1 Å². The van der Waals surface area contributed by atoms with E-state index in [1.807, 2.05) is 12.3 Å². The van der Waals surface area contributed by atoms with E-state index < -0.39 is 0 Å². The molecule has 1 aliphatic heterocycles. The Hall–Kier alpha value is -1.74. The van der Waals surface area contributed by atoms with Gasteiger partial charge in [0.05, 0.1) is 31.3 Å². The predicted molar refractivity (Wildman–Crippen MR) is 124 cm³/mol. The second-order valence-electron chi connectivity index (χ2n) is 9.14. The third-order valence-corrected chi connectivity index (χ3v) is 8.33. The van der Waals surface area contributed by atoms with Crippen molar-refractivity contribution in [1.82, 2.24) is 15.2 Å². The van der Waals surface area contributed by atoms with E-state index in [0.717, 1.165) is 68.0 Å². The number of aryl methyl sites for hydroxylation is 1. The molecular weight excluding hydrogens is 426 g/mol. The summed E-state index contributed by atoms with van der Waals surface area (Å²) >= 11 is 1.75. The summed E-state index contributed by atoms with van der Waals surface area (Å²) in [6.45, 7) is 4.09. The van der Waals surface area contributed by atoms with Crippen LogP contribution in [0, 0.1) is 0 Å².